The molecule has 2 heteroatoms. The third kappa shape index (κ3) is 1.23. The maximum Gasteiger partial charge on any atom is 0.136 e. The van der Waals surface area contributed by atoms with E-state index in [2.05, 4.69) is 6.92 Å². The molecule has 0 aromatic carbocycles. The molecule has 2 nitrogen and oxygen atoms in total. The van der Waals surface area contributed by atoms with E-state index in [1.165, 1.54) is 0 Å². The molecule has 0 unspecified atom stereocenters. The van der Waals surface area contributed by atoms with Crippen LogP contribution in [0, 0.1) is 11.3 Å². The molecule has 2 fully saturated rings. The van der Waals surface area contributed by atoms with Crippen molar-refractivity contribution in [2.24, 2.45) is 11.3 Å². The SMILES string of the molecule is C[C@]12CCCC(=O)[C@@H]1CCC[C@@]2(C)O. The highest BCUT2D eigenvalue weighted by atomic mass is 16.3. The minimum atomic E-state index is -0.633. The Kier molecular flexibility index (Phi) is 2.22. The minimum Gasteiger partial charge on any atom is -0.390 e. The fourth-order valence-electron chi connectivity index (χ4n) is 3.39. The van der Waals surface area contributed by atoms with Crippen LogP contribution < -0.4 is 0 Å². The van der Waals surface area contributed by atoms with Gasteiger partial charge in [-0.25, -0.2) is 0 Å². The zero-order valence-electron chi connectivity index (χ0n) is 9.18. The van der Waals surface area contributed by atoms with Crippen LogP contribution in [-0.2, 0) is 4.79 Å². The summed E-state index contributed by atoms with van der Waals surface area (Å²) in [6.45, 7) is 4.02. The van der Waals surface area contributed by atoms with Gasteiger partial charge in [0.25, 0.3) is 0 Å². The number of aliphatic hydroxyl groups is 1. The normalized spacial score (nSPS) is 48.8. The van der Waals surface area contributed by atoms with Crippen molar-refractivity contribution < 1.29 is 9.90 Å². The fourth-order valence-corrected chi connectivity index (χ4v) is 3.39. The van der Waals surface area contributed by atoms with Gasteiger partial charge in [0.05, 0.1) is 5.60 Å². The van der Waals surface area contributed by atoms with E-state index in [0.717, 1.165) is 38.5 Å². The first kappa shape index (κ1) is 10.2. The molecule has 0 radical (unpaired) electrons. The van der Waals surface area contributed by atoms with E-state index >= 15 is 0 Å². The van der Waals surface area contributed by atoms with E-state index in [-0.39, 0.29) is 11.3 Å². The molecule has 80 valence electrons. The van der Waals surface area contributed by atoms with Crippen LogP contribution in [0.15, 0.2) is 0 Å². The summed E-state index contributed by atoms with van der Waals surface area (Å²) in [6.07, 6.45) is 5.55. The Morgan fingerprint density at radius 3 is 2.64 bits per heavy atom. The Hall–Kier alpha value is -0.370. The molecule has 0 aliphatic heterocycles. The van der Waals surface area contributed by atoms with Crippen molar-refractivity contribution in [3.8, 4) is 0 Å². The molecule has 0 aromatic rings. The maximum absolute atomic E-state index is 11.8. The molecule has 0 heterocycles. The number of carbonyl (C=O) groups excluding carboxylic acids is 1. The molecule has 14 heavy (non-hydrogen) atoms. The van der Waals surface area contributed by atoms with Crippen molar-refractivity contribution >= 4 is 5.78 Å². The average Bonchev–Trinajstić information content (AvgIpc) is 2.08. The van der Waals surface area contributed by atoms with Gasteiger partial charge in [0.2, 0.25) is 0 Å². The molecule has 3 atom stereocenters. The summed E-state index contributed by atoms with van der Waals surface area (Å²) >= 11 is 0. The standard InChI is InChI=1S/C12H20O2/c1-11-7-4-6-10(13)9(11)5-3-8-12(11,2)14/h9,14H,3-8H2,1-2H3/t9-,11-,12+/m0/s1. The van der Waals surface area contributed by atoms with Gasteiger partial charge in [-0.2, -0.15) is 0 Å². The van der Waals surface area contributed by atoms with Crippen LogP contribution in [0.3, 0.4) is 0 Å². The fraction of sp³-hybridized carbons (Fsp3) is 0.917. The Morgan fingerprint density at radius 2 is 2.00 bits per heavy atom. The highest BCUT2D eigenvalue weighted by Crippen LogP contribution is 2.53. The average molecular weight is 196 g/mol. The summed E-state index contributed by atoms with van der Waals surface area (Å²) in [5, 5.41) is 10.4. The van der Waals surface area contributed by atoms with Crippen LogP contribution in [0.1, 0.15) is 52.4 Å². The highest BCUT2D eigenvalue weighted by molar-refractivity contribution is 5.83. The molecule has 2 rings (SSSR count). The number of rotatable bonds is 0. The molecule has 1 N–H and O–H groups in total. The lowest BCUT2D eigenvalue weighted by atomic mass is 9.53. The zero-order chi connectivity index (χ0) is 10.4. The number of Topliss-reactive ketones (excluding diaryl/α,β-unsaturated/α-hetero) is 1. The smallest absolute Gasteiger partial charge is 0.136 e. The van der Waals surface area contributed by atoms with Crippen molar-refractivity contribution in [2.45, 2.75) is 58.0 Å². The predicted octanol–water partition coefficient (Wildman–Crippen LogP) is 2.30. The minimum absolute atomic E-state index is 0.125. The molecular weight excluding hydrogens is 176 g/mol. The summed E-state index contributed by atoms with van der Waals surface area (Å²) in [7, 11) is 0. The van der Waals surface area contributed by atoms with Crippen LogP contribution in [0.4, 0.5) is 0 Å². The second-order valence-corrected chi connectivity index (χ2v) is 5.46. The van der Waals surface area contributed by atoms with Crippen molar-refractivity contribution in [3.05, 3.63) is 0 Å². The van der Waals surface area contributed by atoms with E-state index in [1.54, 1.807) is 0 Å². The second-order valence-electron chi connectivity index (χ2n) is 5.46. The van der Waals surface area contributed by atoms with E-state index in [9.17, 15) is 9.90 Å². The van der Waals surface area contributed by atoms with Gasteiger partial charge in [-0.1, -0.05) is 6.92 Å². The number of hydrogen-bond donors (Lipinski definition) is 1. The van der Waals surface area contributed by atoms with Crippen LogP contribution in [0.5, 0.6) is 0 Å². The number of carbonyl (C=O) groups is 1. The molecule has 2 aliphatic rings. The van der Waals surface area contributed by atoms with Crippen molar-refractivity contribution in [1.29, 1.82) is 0 Å². The Labute approximate surface area is 85.7 Å². The first-order valence-corrected chi connectivity index (χ1v) is 5.72. The Balaban J connectivity index is 2.33. The molecule has 2 aliphatic carbocycles. The molecule has 2 saturated carbocycles. The summed E-state index contributed by atoms with van der Waals surface area (Å²) in [4.78, 5) is 11.8. The highest BCUT2D eigenvalue weighted by Gasteiger charge is 2.54. The monoisotopic (exact) mass is 196 g/mol. The summed E-state index contributed by atoms with van der Waals surface area (Å²) in [5.41, 5.74) is -0.785. The molecule has 0 bridgehead atoms. The summed E-state index contributed by atoms with van der Waals surface area (Å²) in [6, 6.07) is 0. The van der Waals surface area contributed by atoms with E-state index in [0.29, 0.717) is 5.78 Å². The predicted molar refractivity (Wildman–Crippen MR) is 54.9 cm³/mol. The Bertz CT molecular complexity index is 257. The van der Waals surface area contributed by atoms with Gasteiger partial charge in [0.15, 0.2) is 0 Å². The number of fused-ring (bicyclic) bond motifs is 1. The van der Waals surface area contributed by atoms with Gasteiger partial charge in [0.1, 0.15) is 5.78 Å². The topological polar surface area (TPSA) is 37.3 Å². The van der Waals surface area contributed by atoms with E-state index < -0.39 is 5.60 Å². The van der Waals surface area contributed by atoms with Crippen molar-refractivity contribution in [1.82, 2.24) is 0 Å². The van der Waals surface area contributed by atoms with Gasteiger partial charge < -0.3 is 5.11 Å². The van der Waals surface area contributed by atoms with Gasteiger partial charge in [-0.15, -0.1) is 0 Å². The molecule has 0 aromatic heterocycles. The number of ketones is 1. The van der Waals surface area contributed by atoms with Crippen LogP contribution in [0.25, 0.3) is 0 Å². The van der Waals surface area contributed by atoms with Crippen molar-refractivity contribution in [2.75, 3.05) is 0 Å². The van der Waals surface area contributed by atoms with Gasteiger partial charge >= 0.3 is 0 Å². The first-order valence-electron chi connectivity index (χ1n) is 5.72. The maximum atomic E-state index is 11.8. The quantitative estimate of drug-likeness (QED) is 0.645. The summed E-state index contributed by atoms with van der Waals surface area (Å²) in [5.74, 6) is 0.513. The van der Waals surface area contributed by atoms with Gasteiger partial charge in [0, 0.05) is 17.8 Å². The lowest BCUT2D eigenvalue weighted by Crippen LogP contribution is -2.55. The number of hydrogen-bond acceptors (Lipinski definition) is 2. The van der Waals surface area contributed by atoms with Crippen LogP contribution >= 0.6 is 0 Å². The van der Waals surface area contributed by atoms with E-state index in [4.69, 9.17) is 0 Å². The lowest BCUT2D eigenvalue weighted by Gasteiger charge is -2.53. The molecule has 0 spiro atoms. The van der Waals surface area contributed by atoms with E-state index in [1.807, 2.05) is 6.92 Å². The first-order chi connectivity index (χ1) is 6.47. The molecule has 0 saturated heterocycles. The molecule has 0 amide bonds. The zero-order valence-corrected chi connectivity index (χ0v) is 9.18. The van der Waals surface area contributed by atoms with Crippen LogP contribution in [-0.4, -0.2) is 16.5 Å². The van der Waals surface area contributed by atoms with Crippen molar-refractivity contribution in [3.63, 3.8) is 0 Å². The van der Waals surface area contributed by atoms with Crippen LogP contribution in [0.2, 0.25) is 0 Å². The second kappa shape index (κ2) is 3.06. The summed E-state index contributed by atoms with van der Waals surface area (Å²) < 4.78 is 0. The largest absolute Gasteiger partial charge is 0.390 e. The van der Waals surface area contributed by atoms with Gasteiger partial charge in [-0.05, 0) is 39.0 Å². The molecular formula is C12H20O2. The van der Waals surface area contributed by atoms with Gasteiger partial charge in [-0.3, -0.25) is 4.79 Å². The third-order valence-electron chi connectivity index (χ3n) is 4.66. The Morgan fingerprint density at radius 1 is 1.29 bits per heavy atom. The lowest BCUT2D eigenvalue weighted by molar-refractivity contribution is -0.161. The third-order valence-corrected chi connectivity index (χ3v) is 4.66.